The lowest BCUT2D eigenvalue weighted by Crippen LogP contribution is -2.18. The number of ketones is 1. The molecule has 0 bridgehead atoms. The predicted molar refractivity (Wildman–Crippen MR) is 47.7 cm³/mol. The van der Waals surface area contributed by atoms with Crippen LogP contribution in [-0.2, 0) is 9.53 Å². The fraction of sp³-hybridized carbons (Fsp3) is 0.700. The molecule has 0 amide bonds. The highest BCUT2D eigenvalue weighted by atomic mass is 16.5. The summed E-state index contributed by atoms with van der Waals surface area (Å²) in [4.78, 5) is 11.2. The number of carbonyl (C=O) groups excluding carboxylic acids is 1. The summed E-state index contributed by atoms with van der Waals surface area (Å²) in [6.45, 7) is 4.34. The van der Waals surface area contributed by atoms with Crippen LogP contribution in [0.1, 0.15) is 26.7 Å². The van der Waals surface area contributed by atoms with E-state index in [9.17, 15) is 4.79 Å². The van der Waals surface area contributed by atoms with E-state index >= 15 is 0 Å². The second-order valence-corrected chi connectivity index (χ2v) is 3.60. The molecule has 2 nitrogen and oxygen atoms in total. The summed E-state index contributed by atoms with van der Waals surface area (Å²) in [5.41, 5.74) is 0. The van der Waals surface area contributed by atoms with Crippen LogP contribution >= 0.6 is 0 Å². The Kier molecular flexibility index (Phi) is 2.90. The van der Waals surface area contributed by atoms with Gasteiger partial charge in [-0.15, -0.1) is 0 Å². The van der Waals surface area contributed by atoms with Gasteiger partial charge in [0, 0.05) is 6.42 Å². The molecule has 12 heavy (non-hydrogen) atoms. The maximum Gasteiger partial charge on any atom is 0.197 e. The molecule has 1 unspecified atom stereocenters. The molecule has 0 aliphatic heterocycles. The number of Topliss-reactive ketones (excluding diaryl/α,β-unsaturated/α-hetero) is 1. The van der Waals surface area contributed by atoms with Crippen LogP contribution < -0.4 is 0 Å². The second kappa shape index (κ2) is 3.74. The topological polar surface area (TPSA) is 26.3 Å². The first-order chi connectivity index (χ1) is 5.65. The average molecular weight is 168 g/mol. The van der Waals surface area contributed by atoms with Crippen LogP contribution in [0.3, 0.4) is 0 Å². The first kappa shape index (κ1) is 9.30. The van der Waals surface area contributed by atoms with Crippen LogP contribution in [0.25, 0.3) is 0 Å². The molecular weight excluding hydrogens is 152 g/mol. The Bertz CT molecular complexity index is 204. The molecular formula is C10H16O2. The molecule has 0 aromatic rings. The van der Waals surface area contributed by atoms with Gasteiger partial charge in [-0.2, -0.15) is 0 Å². The Balaban J connectivity index is 2.73. The third-order valence-corrected chi connectivity index (χ3v) is 2.42. The van der Waals surface area contributed by atoms with E-state index in [0.717, 1.165) is 6.42 Å². The van der Waals surface area contributed by atoms with Crippen LogP contribution in [0.15, 0.2) is 11.8 Å². The van der Waals surface area contributed by atoms with Crippen LogP contribution in [-0.4, -0.2) is 12.9 Å². The summed E-state index contributed by atoms with van der Waals surface area (Å²) in [7, 11) is 1.56. The maximum absolute atomic E-state index is 11.2. The van der Waals surface area contributed by atoms with Gasteiger partial charge in [0.2, 0.25) is 0 Å². The van der Waals surface area contributed by atoms with Gasteiger partial charge in [0.15, 0.2) is 11.5 Å². The van der Waals surface area contributed by atoms with Crippen LogP contribution in [0, 0.1) is 11.8 Å². The SMILES string of the molecule is COC1=CC(C(C)C)CCC1=O. The van der Waals surface area contributed by atoms with E-state index < -0.39 is 0 Å². The van der Waals surface area contributed by atoms with Gasteiger partial charge < -0.3 is 4.74 Å². The quantitative estimate of drug-likeness (QED) is 0.631. The normalized spacial score (nSPS) is 24.2. The van der Waals surface area contributed by atoms with Crippen molar-refractivity contribution in [3.8, 4) is 0 Å². The van der Waals surface area contributed by atoms with E-state index in [2.05, 4.69) is 13.8 Å². The number of allylic oxidation sites excluding steroid dienone is 2. The van der Waals surface area contributed by atoms with Gasteiger partial charge in [-0.3, -0.25) is 4.79 Å². The highest BCUT2D eigenvalue weighted by Crippen LogP contribution is 2.26. The Hall–Kier alpha value is -0.790. The Labute approximate surface area is 73.6 Å². The van der Waals surface area contributed by atoms with Crippen molar-refractivity contribution in [2.75, 3.05) is 7.11 Å². The van der Waals surface area contributed by atoms with Crippen LogP contribution in [0.5, 0.6) is 0 Å². The Morgan fingerprint density at radius 2 is 2.25 bits per heavy atom. The summed E-state index contributed by atoms with van der Waals surface area (Å²) in [5.74, 6) is 1.82. The summed E-state index contributed by atoms with van der Waals surface area (Å²) in [5, 5.41) is 0. The number of rotatable bonds is 2. The number of hydrogen-bond donors (Lipinski definition) is 0. The van der Waals surface area contributed by atoms with Crippen molar-refractivity contribution in [3.63, 3.8) is 0 Å². The fourth-order valence-electron chi connectivity index (χ4n) is 1.50. The molecule has 1 aliphatic rings. The van der Waals surface area contributed by atoms with Crippen molar-refractivity contribution < 1.29 is 9.53 Å². The molecule has 0 fully saturated rings. The first-order valence-corrected chi connectivity index (χ1v) is 4.44. The third-order valence-electron chi connectivity index (χ3n) is 2.42. The van der Waals surface area contributed by atoms with Crippen molar-refractivity contribution in [3.05, 3.63) is 11.8 Å². The zero-order valence-corrected chi connectivity index (χ0v) is 7.96. The lowest BCUT2D eigenvalue weighted by atomic mass is 9.85. The Morgan fingerprint density at radius 1 is 1.58 bits per heavy atom. The average Bonchev–Trinajstić information content (AvgIpc) is 2.05. The molecule has 68 valence electrons. The fourth-order valence-corrected chi connectivity index (χ4v) is 1.50. The van der Waals surface area contributed by atoms with Gasteiger partial charge in [-0.25, -0.2) is 0 Å². The summed E-state index contributed by atoms with van der Waals surface area (Å²) < 4.78 is 5.00. The summed E-state index contributed by atoms with van der Waals surface area (Å²) in [6.07, 6.45) is 3.59. The van der Waals surface area contributed by atoms with Crippen molar-refractivity contribution in [1.82, 2.24) is 0 Å². The number of methoxy groups -OCH3 is 1. The van der Waals surface area contributed by atoms with E-state index in [0.29, 0.717) is 24.0 Å². The van der Waals surface area contributed by atoms with E-state index in [1.54, 1.807) is 7.11 Å². The standard InChI is InChI=1S/C10H16O2/c1-7(2)8-4-5-9(11)10(6-8)12-3/h6-8H,4-5H2,1-3H3. The van der Waals surface area contributed by atoms with Gasteiger partial charge in [-0.1, -0.05) is 13.8 Å². The van der Waals surface area contributed by atoms with Gasteiger partial charge in [0.05, 0.1) is 7.11 Å². The summed E-state index contributed by atoms with van der Waals surface area (Å²) >= 11 is 0. The summed E-state index contributed by atoms with van der Waals surface area (Å²) in [6, 6.07) is 0. The monoisotopic (exact) mass is 168 g/mol. The maximum atomic E-state index is 11.2. The lowest BCUT2D eigenvalue weighted by Gasteiger charge is -2.22. The van der Waals surface area contributed by atoms with Gasteiger partial charge >= 0.3 is 0 Å². The van der Waals surface area contributed by atoms with Gasteiger partial charge in [0.25, 0.3) is 0 Å². The van der Waals surface area contributed by atoms with Gasteiger partial charge in [-0.05, 0) is 24.3 Å². The smallest absolute Gasteiger partial charge is 0.197 e. The van der Waals surface area contributed by atoms with Crippen molar-refractivity contribution in [2.24, 2.45) is 11.8 Å². The molecule has 1 rings (SSSR count). The largest absolute Gasteiger partial charge is 0.493 e. The van der Waals surface area contributed by atoms with E-state index in [1.165, 1.54) is 0 Å². The molecule has 0 aromatic heterocycles. The molecule has 2 heteroatoms. The van der Waals surface area contributed by atoms with E-state index in [1.807, 2.05) is 6.08 Å². The van der Waals surface area contributed by atoms with Crippen molar-refractivity contribution in [2.45, 2.75) is 26.7 Å². The molecule has 0 saturated heterocycles. The molecule has 0 N–H and O–H groups in total. The first-order valence-electron chi connectivity index (χ1n) is 4.44. The minimum absolute atomic E-state index is 0.148. The number of ether oxygens (including phenoxy) is 1. The van der Waals surface area contributed by atoms with Crippen molar-refractivity contribution >= 4 is 5.78 Å². The number of carbonyl (C=O) groups is 1. The predicted octanol–water partition coefficient (Wildman–Crippen LogP) is 2.15. The van der Waals surface area contributed by atoms with Crippen molar-refractivity contribution in [1.29, 1.82) is 0 Å². The highest BCUT2D eigenvalue weighted by Gasteiger charge is 2.22. The molecule has 1 atom stereocenters. The van der Waals surface area contributed by atoms with Crippen LogP contribution in [0.2, 0.25) is 0 Å². The molecule has 0 aromatic carbocycles. The van der Waals surface area contributed by atoms with E-state index in [-0.39, 0.29) is 5.78 Å². The van der Waals surface area contributed by atoms with E-state index in [4.69, 9.17) is 4.74 Å². The van der Waals surface area contributed by atoms with Gasteiger partial charge in [0.1, 0.15) is 0 Å². The minimum atomic E-state index is 0.148. The zero-order valence-electron chi connectivity index (χ0n) is 7.96. The molecule has 1 aliphatic carbocycles. The third kappa shape index (κ3) is 1.87. The molecule has 0 heterocycles. The Morgan fingerprint density at radius 3 is 2.75 bits per heavy atom. The molecule has 0 spiro atoms. The highest BCUT2D eigenvalue weighted by molar-refractivity contribution is 5.94. The minimum Gasteiger partial charge on any atom is -0.493 e. The van der Waals surface area contributed by atoms with Crippen LogP contribution in [0.4, 0.5) is 0 Å². The lowest BCUT2D eigenvalue weighted by molar-refractivity contribution is -0.119. The molecule has 0 saturated carbocycles. The number of hydrogen-bond acceptors (Lipinski definition) is 2. The molecule has 0 radical (unpaired) electrons. The second-order valence-electron chi connectivity index (χ2n) is 3.60. The zero-order chi connectivity index (χ0) is 9.14.